The van der Waals surface area contributed by atoms with Crippen molar-refractivity contribution >= 4 is 11.6 Å². The van der Waals surface area contributed by atoms with Crippen LogP contribution in [0.15, 0.2) is 30.3 Å². The molecule has 0 saturated carbocycles. The molecule has 5 heteroatoms. The van der Waals surface area contributed by atoms with Crippen molar-refractivity contribution in [2.45, 2.75) is 13.5 Å². The number of benzene rings is 1. The van der Waals surface area contributed by atoms with E-state index in [1.807, 2.05) is 30.3 Å². The first-order chi connectivity index (χ1) is 7.74. The molecule has 1 aromatic heterocycles. The predicted molar refractivity (Wildman–Crippen MR) is 60.3 cm³/mol. The zero-order valence-electron chi connectivity index (χ0n) is 8.72. The summed E-state index contributed by atoms with van der Waals surface area (Å²) in [4.78, 5) is 11.7. The third kappa shape index (κ3) is 2.90. The molecule has 82 valence electrons. The van der Waals surface area contributed by atoms with Crippen molar-refractivity contribution in [3.63, 3.8) is 0 Å². The Hall–Kier alpha value is -1.68. The van der Waals surface area contributed by atoms with Crippen molar-refractivity contribution in [3.8, 4) is 6.01 Å². The Morgan fingerprint density at radius 1 is 1.12 bits per heavy atom. The van der Waals surface area contributed by atoms with Gasteiger partial charge in [-0.3, -0.25) is 0 Å². The average molecular weight is 236 g/mol. The second-order valence-electron chi connectivity index (χ2n) is 3.21. The minimum Gasteiger partial charge on any atom is -0.458 e. The number of aryl methyl sites for hydroxylation is 1. The van der Waals surface area contributed by atoms with Gasteiger partial charge in [-0.1, -0.05) is 30.3 Å². The van der Waals surface area contributed by atoms with Gasteiger partial charge in [0, 0.05) is 0 Å². The molecule has 0 atom stereocenters. The minimum absolute atomic E-state index is 0.149. The van der Waals surface area contributed by atoms with Crippen LogP contribution in [0.1, 0.15) is 11.4 Å². The summed E-state index contributed by atoms with van der Waals surface area (Å²) in [6.45, 7) is 2.16. The summed E-state index contributed by atoms with van der Waals surface area (Å²) < 4.78 is 5.41. The van der Waals surface area contributed by atoms with Gasteiger partial charge in [-0.15, -0.1) is 0 Å². The molecule has 0 aliphatic rings. The predicted octanol–water partition coefficient (Wildman–Crippen LogP) is 2.41. The van der Waals surface area contributed by atoms with Crippen LogP contribution in [0.2, 0.25) is 5.28 Å². The van der Waals surface area contributed by atoms with Gasteiger partial charge in [0.15, 0.2) is 0 Å². The normalized spacial score (nSPS) is 10.1. The smallest absolute Gasteiger partial charge is 0.321 e. The van der Waals surface area contributed by atoms with Crippen LogP contribution in [0, 0.1) is 6.92 Å². The van der Waals surface area contributed by atoms with Crippen LogP contribution in [0.5, 0.6) is 6.01 Å². The monoisotopic (exact) mass is 235 g/mol. The summed E-state index contributed by atoms with van der Waals surface area (Å²) >= 11 is 5.69. The summed E-state index contributed by atoms with van der Waals surface area (Å²) in [5, 5.41) is 0.149. The summed E-state index contributed by atoms with van der Waals surface area (Å²) in [6, 6.07) is 10.0. The summed E-state index contributed by atoms with van der Waals surface area (Å²) in [7, 11) is 0. The third-order valence-electron chi connectivity index (χ3n) is 1.91. The van der Waals surface area contributed by atoms with Crippen molar-refractivity contribution in [2.75, 3.05) is 0 Å². The fourth-order valence-corrected chi connectivity index (χ4v) is 1.41. The zero-order chi connectivity index (χ0) is 11.4. The molecule has 2 aromatic rings. The molecule has 0 unspecified atom stereocenters. The molecular weight excluding hydrogens is 226 g/mol. The van der Waals surface area contributed by atoms with Crippen LogP contribution in [-0.2, 0) is 6.61 Å². The summed E-state index contributed by atoms with van der Waals surface area (Å²) in [6.07, 6.45) is 0. The van der Waals surface area contributed by atoms with E-state index in [1.165, 1.54) is 0 Å². The number of ether oxygens (including phenoxy) is 1. The lowest BCUT2D eigenvalue weighted by Gasteiger charge is -2.04. The Morgan fingerprint density at radius 2 is 1.88 bits per heavy atom. The van der Waals surface area contributed by atoms with E-state index in [0.717, 1.165) is 5.56 Å². The average Bonchev–Trinajstić information content (AvgIpc) is 2.27. The molecular formula is C11H10ClN3O. The van der Waals surface area contributed by atoms with Crippen LogP contribution in [0.4, 0.5) is 0 Å². The Labute approximate surface area is 98.3 Å². The first kappa shape index (κ1) is 10.8. The molecule has 0 aliphatic carbocycles. The molecule has 4 nitrogen and oxygen atoms in total. The number of nitrogens with zero attached hydrogens (tertiary/aromatic N) is 3. The lowest BCUT2D eigenvalue weighted by molar-refractivity contribution is 0.279. The van der Waals surface area contributed by atoms with Crippen molar-refractivity contribution in [3.05, 3.63) is 47.0 Å². The van der Waals surface area contributed by atoms with Crippen molar-refractivity contribution in [2.24, 2.45) is 0 Å². The van der Waals surface area contributed by atoms with Gasteiger partial charge in [0.1, 0.15) is 12.4 Å². The second kappa shape index (κ2) is 4.90. The maximum atomic E-state index is 5.69. The highest BCUT2D eigenvalue weighted by Crippen LogP contribution is 2.09. The maximum absolute atomic E-state index is 5.69. The molecule has 1 aromatic carbocycles. The van der Waals surface area contributed by atoms with E-state index in [2.05, 4.69) is 15.0 Å². The standard InChI is InChI=1S/C11H10ClN3O/c1-8-13-10(12)15-11(14-8)16-7-9-5-3-2-4-6-9/h2-6H,7H2,1H3. The molecule has 0 spiro atoms. The maximum Gasteiger partial charge on any atom is 0.321 e. The van der Waals surface area contributed by atoms with Gasteiger partial charge in [0.2, 0.25) is 5.28 Å². The molecule has 2 rings (SSSR count). The molecule has 0 radical (unpaired) electrons. The molecule has 0 N–H and O–H groups in total. The van der Waals surface area contributed by atoms with Crippen LogP contribution >= 0.6 is 11.6 Å². The van der Waals surface area contributed by atoms with Gasteiger partial charge in [-0.2, -0.15) is 9.97 Å². The summed E-state index contributed by atoms with van der Waals surface area (Å²) in [5.41, 5.74) is 1.05. The van der Waals surface area contributed by atoms with E-state index in [9.17, 15) is 0 Å². The van der Waals surface area contributed by atoms with Crippen LogP contribution in [-0.4, -0.2) is 15.0 Å². The fourth-order valence-electron chi connectivity index (χ4n) is 1.21. The van der Waals surface area contributed by atoms with Crippen LogP contribution < -0.4 is 4.74 Å². The molecule has 0 fully saturated rings. The second-order valence-corrected chi connectivity index (χ2v) is 3.55. The third-order valence-corrected chi connectivity index (χ3v) is 2.08. The molecule has 0 amide bonds. The number of aromatic nitrogens is 3. The Balaban J connectivity index is 2.05. The van der Waals surface area contributed by atoms with Gasteiger partial charge in [0.25, 0.3) is 0 Å². The highest BCUT2D eigenvalue weighted by molar-refractivity contribution is 6.28. The summed E-state index contributed by atoms with van der Waals surface area (Å²) in [5.74, 6) is 0.545. The van der Waals surface area contributed by atoms with Crippen molar-refractivity contribution in [1.82, 2.24) is 15.0 Å². The Morgan fingerprint density at radius 3 is 2.56 bits per heavy atom. The number of rotatable bonds is 3. The number of halogens is 1. The highest BCUT2D eigenvalue weighted by atomic mass is 35.5. The minimum atomic E-state index is 0.149. The van der Waals surface area contributed by atoms with Crippen LogP contribution in [0.25, 0.3) is 0 Å². The van der Waals surface area contributed by atoms with Crippen molar-refractivity contribution in [1.29, 1.82) is 0 Å². The van der Waals surface area contributed by atoms with E-state index in [-0.39, 0.29) is 11.3 Å². The first-order valence-electron chi connectivity index (χ1n) is 4.79. The topological polar surface area (TPSA) is 47.9 Å². The molecule has 0 aliphatic heterocycles. The highest BCUT2D eigenvalue weighted by Gasteiger charge is 2.02. The van der Waals surface area contributed by atoms with Gasteiger partial charge < -0.3 is 4.74 Å². The van der Waals surface area contributed by atoms with E-state index in [0.29, 0.717) is 12.4 Å². The Kier molecular flexibility index (Phi) is 3.31. The number of hydrogen-bond acceptors (Lipinski definition) is 4. The first-order valence-corrected chi connectivity index (χ1v) is 5.17. The van der Waals surface area contributed by atoms with E-state index >= 15 is 0 Å². The van der Waals surface area contributed by atoms with Gasteiger partial charge in [-0.05, 0) is 24.1 Å². The molecule has 0 bridgehead atoms. The molecule has 1 heterocycles. The lowest BCUT2D eigenvalue weighted by atomic mass is 10.2. The molecule has 16 heavy (non-hydrogen) atoms. The SMILES string of the molecule is Cc1nc(Cl)nc(OCc2ccccc2)n1. The van der Waals surface area contributed by atoms with Gasteiger partial charge in [-0.25, -0.2) is 4.98 Å². The fraction of sp³-hybridized carbons (Fsp3) is 0.182. The number of hydrogen-bond donors (Lipinski definition) is 0. The van der Waals surface area contributed by atoms with Crippen molar-refractivity contribution < 1.29 is 4.74 Å². The van der Waals surface area contributed by atoms with E-state index in [4.69, 9.17) is 16.3 Å². The van der Waals surface area contributed by atoms with Crippen LogP contribution in [0.3, 0.4) is 0 Å². The van der Waals surface area contributed by atoms with Gasteiger partial charge >= 0.3 is 6.01 Å². The van der Waals surface area contributed by atoms with E-state index < -0.39 is 0 Å². The molecule has 0 saturated heterocycles. The van der Waals surface area contributed by atoms with Gasteiger partial charge in [0.05, 0.1) is 0 Å². The van der Waals surface area contributed by atoms with E-state index in [1.54, 1.807) is 6.92 Å². The lowest BCUT2D eigenvalue weighted by Crippen LogP contribution is -2.02. The largest absolute Gasteiger partial charge is 0.458 e. The zero-order valence-corrected chi connectivity index (χ0v) is 9.48. The Bertz CT molecular complexity index is 456. The quantitative estimate of drug-likeness (QED) is 0.820.